The third-order valence-electron chi connectivity index (χ3n) is 9.48. The first-order chi connectivity index (χ1) is 28.1. The number of cyclic esters (lactones) is 1. The summed E-state index contributed by atoms with van der Waals surface area (Å²) in [5, 5.41) is 8.56. The van der Waals surface area contributed by atoms with Crippen LogP contribution in [-0.2, 0) is 47.9 Å². The van der Waals surface area contributed by atoms with Gasteiger partial charge < -0.3 is 30.1 Å². The number of rotatable bonds is 14. The summed E-state index contributed by atoms with van der Waals surface area (Å²) in [6.07, 6.45) is -3.35. The van der Waals surface area contributed by atoms with E-state index in [1.54, 1.807) is 109 Å². The molecule has 2 fully saturated rings. The second-order valence-corrected chi connectivity index (χ2v) is 14.2. The van der Waals surface area contributed by atoms with Crippen molar-refractivity contribution in [1.29, 1.82) is 0 Å². The largest absolute Gasteiger partial charge is 0.452 e. The SMILES string of the molecule is CON=C(C(=O)NC1(CC(=O)OC(c2ccccc2)c2ccccc2)CON(C2(C(=O)OC(c3ccccc3)c3ccccc3)CCC(=O)O2)C1=O)c1csc(N)n1. The Hall–Kier alpha value is -6.91. The van der Waals surface area contributed by atoms with Gasteiger partial charge in [-0.1, -0.05) is 126 Å². The summed E-state index contributed by atoms with van der Waals surface area (Å²) in [7, 11) is 1.21. The molecule has 2 saturated heterocycles. The molecule has 296 valence electrons. The maximum Gasteiger partial charge on any atom is 0.376 e. The molecule has 1 aromatic heterocycles. The van der Waals surface area contributed by atoms with Crippen molar-refractivity contribution in [3.8, 4) is 0 Å². The molecule has 2 aliphatic rings. The average molecular weight is 804 g/mol. The second-order valence-electron chi connectivity index (χ2n) is 13.3. The number of esters is 3. The van der Waals surface area contributed by atoms with Crippen LogP contribution in [0, 0.1) is 0 Å². The number of nitrogen functional groups attached to an aromatic ring is 1. The van der Waals surface area contributed by atoms with Crippen LogP contribution in [0.2, 0.25) is 0 Å². The lowest BCUT2D eigenvalue weighted by molar-refractivity contribution is -0.260. The first-order valence-electron chi connectivity index (χ1n) is 18.1. The van der Waals surface area contributed by atoms with Crippen LogP contribution in [0.3, 0.4) is 0 Å². The molecule has 0 saturated carbocycles. The summed E-state index contributed by atoms with van der Waals surface area (Å²) in [6.45, 7) is -0.707. The lowest BCUT2D eigenvalue weighted by Gasteiger charge is -2.35. The number of ether oxygens (including phenoxy) is 3. The number of nitrogens with zero attached hydrogens (tertiary/aromatic N) is 3. The van der Waals surface area contributed by atoms with E-state index in [1.165, 1.54) is 12.5 Å². The van der Waals surface area contributed by atoms with Crippen molar-refractivity contribution in [3.63, 3.8) is 0 Å². The van der Waals surface area contributed by atoms with Gasteiger partial charge in [0.25, 0.3) is 11.8 Å². The Bertz CT molecular complexity index is 2230. The molecule has 15 nitrogen and oxygen atoms in total. The quantitative estimate of drug-likeness (QED) is 0.0675. The van der Waals surface area contributed by atoms with Gasteiger partial charge in [-0.05, 0) is 22.3 Å². The highest BCUT2D eigenvalue weighted by atomic mass is 32.1. The number of carbonyl (C=O) groups excluding carboxylic acids is 5. The molecule has 16 heteroatoms. The Labute approximate surface area is 336 Å². The number of benzene rings is 4. The second kappa shape index (κ2) is 17.1. The number of hydroxylamine groups is 2. The maximum absolute atomic E-state index is 14.9. The molecule has 5 aromatic rings. The van der Waals surface area contributed by atoms with Gasteiger partial charge in [-0.2, -0.15) is 5.06 Å². The highest BCUT2D eigenvalue weighted by Gasteiger charge is 2.65. The van der Waals surface area contributed by atoms with Gasteiger partial charge in [-0.25, -0.2) is 9.78 Å². The minimum absolute atomic E-state index is 0.0219. The number of anilines is 1. The monoisotopic (exact) mass is 803 g/mol. The molecule has 0 aliphatic carbocycles. The van der Waals surface area contributed by atoms with E-state index >= 15 is 0 Å². The zero-order valence-corrected chi connectivity index (χ0v) is 31.8. The van der Waals surface area contributed by atoms with Gasteiger partial charge in [0.05, 0.1) is 12.8 Å². The van der Waals surface area contributed by atoms with E-state index < -0.39 is 66.2 Å². The van der Waals surface area contributed by atoms with E-state index in [1.807, 2.05) is 12.1 Å². The lowest BCUT2D eigenvalue weighted by Crippen LogP contribution is -2.63. The fourth-order valence-corrected chi connectivity index (χ4v) is 7.25. The number of oxime groups is 1. The van der Waals surface area contributed by atoms with E-state index in [0.717, 1.165) is 11.3 Å². The fourth-order valence-electron chi connectivity index (χ4n) is 6.71. The number of amides is 2. The van der Waals surface area contributed by atoms with Crippen LogP contribution in [0.25, 0.3) is 0 Å². The lowest BCUT2D eigenvalue weighted by atomic mass is 9.93. The number of carbonyl (C=O) groups is 5. The molecule has 2 atom stereocenters. The molecule has 3 heterocycles. The molecule has 3 N–H and O–H groups in total. The normalized spacial score (nSPS) is 19.2. The first kappa shape index (κ1) is 39.3. The van der Waals surface area contributed by atoms with Crippen molar-refractivity contribution < 1.29 is 47.9 Å². The molecule has 0 bridgehead atoms. The van der Waals surface area contributed by atoms with Gasteiger partial charge in [-0.15, -0.1) is 11.3 Å². The molecule has 2 unspecified atom stereocenters. The topological polar surface area (TPSA) is 198 Å². The number of aromatic nitrogens is 1. The van der Waals surface area contributed by atoms with Crippen LogP contribution < -0.4 is 11.1 Å². The predicted molar refractivity (Wildman–Crippen MR) is 208 cm³/mol. The number of hydrogen-bond donors (Lipinski definition) is 2. The fraction of sp³-hybridized carbons (Fsp3) is 0.214. The molecule has 58 heavy (non-hydrogen) atoms. The molecular weight excluding hydrogens is 767 g/mol. The zero-order chi connectivity index (χ0) is 40.7. The van der Waals surface area contributed by atoms with Crippen molar-refractivity contribution in [2.24, 2.45) is 5.16 Å². The Morgan fingerprint density at radius 1 is 0.845 bits per heavy atom. The van der Waals surface area contributed by atoms with E-state index in [9.17, 15) is 24.0 Å². The van der Waals surface area contributed by atoms with Gasteiger partial charge >= 0.3 is 23.6 Å². The summed E-state index contributed by atoms with van der Waals surface area (Å²) in [4.78, 5) is 85.5. The summed E-state index contributed by atoms with van der Waals surface area (Å²) in [6, 6.07) is 35.6. The van der Waals surface area contributed by atoms with Crippen LogP contribution >= 0.6 is 11.3 Å². The molecule has 2 aliphatic heterocycles. The van der Waals surface area contributed by atoms with Crippen molar-refractivity contribution in [1.82, 2.24) is 15.4 Å². The van der Waals surface area contributed by atoms with E-state index in [2.05, 4.69) is 15.5 Å². The molecule has 0 spiro atoms. The third-order valence-corrected chi connectivity index (χ3v) is 10.2. The number of nitrogens with one attached hydrogen (secondary N) is 1. The highest BCUT2D eigenvalue weighted by molar-refractivity contribution is 7.13. The molecule has 7 rings (SSSR count). The average Bonchev–Trinajstić information content (AvgIpc) is 3.95. The molecule has 4 aromatic carbocycles. The van der Waals surface area contributed by atoms with Crippen LogP contribution in [0.5, 0.6) is 0 Å². The smallest absolute Gasteiger partial charge is 0.376 e. The third kappa shape index (κ3) is 8.14. The summed E-state index contributed by atoms with van der Waals surface area (Å²) >= 11 is 1.03. The number of nitrogens with two attached hydrogens (primary N) is 1. The first-order valence-corrected chi connectivity index (χ1v) is 19.0. The van der Waals surface area contributed by atoms with Gasteiger partial charge in [0, 0.05) is 11.8 Å². The number of hydrogen-bond acceptors (Lipinski definition) is 14. The minimum Gasteiger partial charge on any atom is -0.452 e. The predicted octanol–water partition coefficient (Wildman–Crippen LogP) is 4.79. The van der Waals surface area contributed by atoms with Gasteiger partial charge in [0.15, 0.2) is 28.6 Å². The van der Waals surface area contributed by atoms with E-state index in [4.69, 9.17) is 29.6 Å². The van der Waals surface area contributed by atoms with Crippen LogP contribution in [0.4, 0.5) is 5.13 Å². The number of thiazole rings is 1. The zero-order valence-electron chi connectivity index (χ0n) is 31.0. The summed E-state index contributed by atoms with van der Waals surface area (Å²) in [5.74, 6) is -4.97. The molecule has 0 radical (unpaired) electrons. The standard InChI is InChI=1S/C42H37N5O10S/c1-53-46-34(31-25-58-40(43)44-31)37(50)45-41(24-33(49)55-35(27-14-6-2-7-15-27)28-16-8-3-9-17-28)26-54-47(38(41)51)42(23-22-32(48)57-42)39(52)56-36(29-18-10-4-11-19-29)30-20-12-5-13-21-30/h2-21,25,35-36H,22-24,26H2,1H3,(H2,43,44)(H,45,50). The van der Waals surface area contributed by atoms with Crippen molar-refractivity contribution in [2.45, 2.75) is 42.7 Å². The Balaban J connectivity index is 1.24. The van der Waals surface area contributed by atoms with E-state index in [-0.39, 0.29) is 29.4 Å². The van der Waals surface area contributed by atoms with Crippen LogP contribution in [0.1, 0.15) is 59.4 Å². The Morgan fingerprint density at radius 3 is 1.81 bits per heavy atom. The van der Waals surface area contributed by atoms with Crippen LogP contribution in [-0.4, -0.2) is 70.5 Å². The van der Waals surface area contributed by atoms with Gasteiger partial charge in [-0.3, -0.25) is 24.0 Å². The summed E-state index contributed by atoms with van der Waals surface area (Å²) in [5.41, 5.74) is 3.23. The van der Waals surface area contributed by atoms with Crippen LogP contribution in [0.15, 0.2) is 132 Å². The van der Waals surface area contributed by atoms with Crippen molar-refractivity contribution in [3.05, 3.63) is 155 Å². The van der Waals surface area contributed by atoms with Gasteiger partial charge in [0.1, 0.15) is 19.4 Å². The van der Waals surface area contributed by atoms with Gasteiger partial charge in [0.2, 0.25) is 0 Å². The highest BCUT2D eigenvalue weighted by Crippen LogP contribution is 2.41. The minimum atomic E-state index is -2.45. The van der Waals surface area contributed by atoms with Crippen molar-refractivity contribution >= 4 is 51.9 Å². The summed E-state index contributed by atoms with van der Waals surface area (Å²) < 4.78 is 17.8. The van der Waals surface area contributed by atoms with Crippen molar-refractivity contribution in [2.75, 3.05) is 19.5 Å². The molecular formula is C42H37N5O10S. The Kier molecular flexibility index (Phi) is 11.6. The Morgan fingerprint density at radius 2 is 1.36 bits per heavy atom. The van der Waals surface area contributed by atoms with E-state index in [0.29, 0.717) is 27.3 Å². The maximum atomic E-state index is 14.9. The molecule has 2 amide bonds.